The van der Waals surface area contributed by atoms with Crippen LogP contribution in [-0.4, -0.2) is 100 Å². The van der Waals surface area contributed by atoms with Crippen LogP contribution in [0, 0.1) is 0 Å². The number of hydrogen-bond donors (Lipinski definition) is 6. The zero-order valence-electron chi connectivity index (χ0n) is 51.3. The van der Waals surface area contributed by atoms with Crippen LogP contribution in [0.2, 0.25) is 0 Å². The van der Waals surface area contributed by atoms with Crippen LogP contribution in [0.4, 0.5) is 0 Å². The summed E-state index contributed by atoms with van der Waals surface area (Å²) in [6, 6.07) is -0.812. The molecule has 1 rings (SSSR count). The Hall–Kier alpha value is -2.12. The van der Waals surface area contributed by atoms with E-state index in [0.29, 0.717) is 19.4 Å². The highest BCUT2D eigenvalue weighted by atomic mass is 16.7. The molecule has 1 saturated heterocycles. The Bertz CT molecular complexity index is 1410. The third kappa shape index (κ3) is 47.0. The topological polar surface area (TPSA) is 175 Å². The van der Waals surface area contributed by atoms with Gasteiger partial charge in [-0.1, -0.05) is 281 Å². The number of nitrogens with one attached hydrogen (secondary N) is 1. The minimum Gasteiger partial charge on any atom is -0.466 e. The van der Waals surface area contributed by atoms with Crippen LogP contribution < -0.4 is 5.32 Å². The Morgan fingerprint density at radius 2 is 0.848 bits per heavy atom. The summed E-state index contributed by atoms with van der Waals surface area (Å²) in [5.74, 6) is -0.183. The normalized spacial score (nSPS) is 18.6. The van der Waals surface area contributed by atoms with Crippen LogP contribution in [0.25, 0.3) is 0 Å². The van der Waals surface area contributed by atoms with Gasteiger partial charge in [-0.3, -0.25) is 9.59 Å². The van der Waals surface area contributed by atoms with Crippen molar-refractivity contribution >= 4 is 11.9 Å². The van der Waals surface area contributed by atoms with Crippen molar-refractivity contribution in [1.29, 1.82) is 0 Å². The molecule has 7 atom stereocenters. The molecule has 1 aliphatic rings. The lowest BCUT2D eigenvalue weighted by atomic mass is 9.99. The highest BCUT2D eigenvalue weighted by Gasteiger charge is 2.44. The molecule has 0 spiro atoms. The molecule has 0 saturated carbocycles. The molecule has 0 aromatic rings. The van der Waals surface area contributed by atoms with Crippen molar-refractivity contribution in [2.45, 2.75) is 365 Å². The number of carbonyl (C=O) groups excluding carboxylic acids is 2. The summed E-state index contributed by atoms with van der Waals surface area (Å²) in [6.45, 7) is 4.36. The first-order valence-corrected chi connectivity index (χ1v) is 33.8. The molecule has 79 heavy (non-hydrogen) atoms. The summed E-state index contributed by atoms with van der Waals surface area (Å²) in [7, 11) is 0. The second kappa shape index (κ2) is 57.7. The SMILES string of the molecule is CCCCCCCCCCCCC/C=C/C(O)C(COC1OC(CO)C(O)C(O)C1O)NC(=O)CCCCCCCCCCCCC/C=C\C/C=C\CCCCCCCCCCCOC(=O)CCCCCCCCCCCCC. The highest BCUT2D eigenvalue weighted by Crippen LogP contribution is 2.23. The predicted molar refractivity (Wildman–Crippen MR) is 329 cm³/mol. The van der Waals surface area contributed by atoms with Gasteiger partial charge in [0.2, 0.25) is 5.91 Å². The van der Waals surface area contributed by atoms with E-state index in [-0.39, 0.29) is 18.5 Å². The van der Waals surface area contributed by atoms with Crippen molar-refractivity contribution in [1.82, 2.24) is 5.32 Å². The Morgan fingerprint density at radius 1 is 0.468 bits per heavy atom. The average molecular weight is 1120 g/mol. The van der Waals surface area contributed by atoms with Crippen molar-refractivity contribution < 1.29 is 49.3 Å². The van der Waals surface area contributed by atoms with Gasteiger partial charge < -0.3 is 45.1 Å². The molecule has 11 nitrogen and oxygen atoms in total. The van der Waals surface area contributed by atoms with E-state index in [1.54, 1.807) is 6.08 Å². The number of carbonyl (C=O) groups is 2. The number of amides is 1. The first-order chi connectivity index (χ1) is 38.7. The third-order valence-corrected chi connectivity index (χ3v) is 16.0. The van der Waals surface area contributed by atoms with E-state index in [0.717, 1.165) is 64.2 Å². The minimum absolute atomic E-state index is 0.000895. The molecule has 1 heterocycles. The molecule has 11 heteroatoms. The van der Waals surface area contributed by atoms with Gasteiger partial charge in [-0.05, 0) is 64.2 Å². The van der Waals surface area contributed by atoms with E-state index in [9.17, 15) is 35.1 Å². The Labute approximate surface area is 485 Å². The van der Waals surface area contributed by atoms with Crippen LogP contribution in [0.1, 0.15) is 322 Å². The third-order valence-electron chi connectivity index (χ3n) is 16.0. The smallest absolute Gasteiger partial charge is 0.305 e. The van der Waals surface area contributed by atoms with Gasteiger partial charge in [0.1, 0.15) is 24.4 Å². The number of aliphatic hydroxyl groups excluding tert-OH is 5. The fourth-order valence-electron chi connectivity index (χ4n) is 10.6. The summed E-state index contributed by atoms with van der Waals surface area (Å²) < 4.78 is 16.7. The van der Waals surface area contributed by atoms with E-state index < -0.39 is 49.5 Å². The van der Waals surface area contributed by atoms with Gasteiger partial charge in [-0.25, -0.2) is 0 Å². The second-order valence-corrected chi connectivity index (χ2v) is 23.5. The van der Waals surface area contributed by atoms with E-state index in [2.05, 4.69) is 43.5 Å². The number of hydrogen-bond acceptors (Lipinski definition) is 10. The summed E-state index contributed by atoms with van der Waals surface area (Å²) in [6.07, 6.45) is 62.5. The van der Waals surface area contributed by atoms with E-state index in [4.69, 9.17) is 14.2 Å². The molecule has 1 fully saturated rings. The molecule has 1 amide bonds. The number of unbranched alkanes of at least 4 members (excludes halogenated alkanes) is 41. The molecule has 464 valence electrons. The lowest BCUT2D eigenvalue weighted by Gasteiger charge is -2.40. The number of ether oxygens (including phenoxy) is 3. The standard InChI is InChI=1S/C68H127NO10/c1-3-5-7-9-11-13-15-31-35-38-42-46-50-54-61(71)60(59-78-68-67(76)66(75)65(74)62(58-70)79-68)69-63(72)55-51-47-43-39-36-32-29-27-25-23-21-19-17-16-18-20-22-24-26-28-30-33-37-41-45-49-53-57-77-64(73)56-52-48-44-40-34-14-12-10-8-6-4-2/h16-17,20,22,50,54,60-62,65-68,70-71,74-76H,3-15,18-19,21,23-49,51-53,55-59H2,1-2H3,(H,69,72)/b17-16-,22-20-,54-50+. The second-order valence-electron chi connectivity index (χ2n) is 23.5. The highest BCUT2D eigenvalue weighted by molar-refractivity contribution is 5.76. The molecule has 1 aliphatic heterocycles. The summed E-state index contributed by atoms with van der Waals surface area (Å²) in [5, 5.41) is 54.5. The largest absolute Gasteiger partial charge is 0.466 e. The first kappa shape index (κ1) is 74.9. The van der Waals surface area contributed by atoms with Gasteiger partial charge in [-0.15, -0.1) is 0 Å². The molecular formula is C68H127NO10. The molecule has 0 aromatic carbocycles. The number of esters is 1. The monoisotopic (exact) mass is 1120 g/mol. The van der Waals surface area contributed by atoms with Gasteiger partial charge in [0.25, 0.3) is 0 Å². The van der Waals surface area contributed by atoms with Gasteiger partial charge in [0, 0.05) is 12.8 Å². The molecule has 0 aromatic heterocycles. The van der Waals surface area contributed by atoms with Crippen LogP contribution in [-0.2, 0) is 23.8 Å². The maximum Gasteiger partial charge on any atom is 0.305 e. The molecule has 0 bridgehead atoms. The fourth-order valence-corrected chi connectivity index (χ4v) is 10.6. The van der Waals surface area contributed by atoms with Crippen LogP contribution >= 0.6 is 0 Å². The molecule has 0 aliphatic carbocycles. The summed E-state index contributed by atoms with van der Waals surface area (Å²) in [4.78, 5) is 25.1. The lowest BCUT2D eigenvalue weighted by molar-refractivity contribution is -0.302. The van der Waals surface area contributed by atoms with Crippen molar-refractivity contribution in [2.75, 3.05) is 19.8 Å². The van der Waals surface area contributed by atoms with E-state index >= 15 is 0 Å². The quantitative estimate of drug-likeness (QED) is 0.0195. The Balaban J connectivity index is 2.03. The number of allylic oxidation sites excluding steroid dienone is 5. The maximum absolute atomic E-state index is 13.1. The van der Waals surface area contributed by atoms with E-state index in [1.165, 1.54) is 231 Å². The van der Waals surface area contributed by atoms with Crippen molar-refractivity contribution in [3.05, 3.63) is 36.5 Å². The maximum atomic E-state index is 13.1. The predicted octanol–water partition coefficient (Wildman–Crippen LogP) is 16.6. The van der Waals surface area contributed by atoms with Crippen LogP contribution in [0.5, 0.6) is 0 Å². The Morgan fingerprint density at radius 3 is 1.28 bits per heavy atom. The van der Waals surface area contributed by atoms with Crippen molar-refractivity contribution in [3.8, 4) is 0 Å². The van der Waals surface area contributed by atoms with Crippen molar-refractivity contribution in [2.24, 2.45) is 0 Å². The van der Waals surface area contributed by atoms with Gasteiger partial charge in [0.15, 0.2) is 6.29 Å². The van der Waals surface area contributed by atoms with Gasteiger partial charge in [-0.2, -0.15) is 0 Å². The molecule has 6 N–H and O–H groups in total. The number of aliphatic hydroxyl groups is 5. The lowest BCUT2D eigenvalue weighted by Crippen LogP contribution is -2.60. The average Bonchev–Trinajstić information content (AvgIpc) is 3.49. The molecule has 7 unspecified atom stereocenters. The first-order valence-electron chi connectivity index (χ1n) is 33.8. The minimum atomic E-state index is -1.57. The van der Waals surface area contributed by atoms with Gasteiger partial charge >= 0.3 is 5.97 Å². The Kier molecular flexibility index (Phi) is 54.7. The zero-order valence-corrected chi connectivity index (χ0v) is 51.3. The fraction of sp³-hybridized carbons (Fsp3) is 0.882. The van der Waals surface area contributed by atoms with Crippen LogP contribution in [0.3, 0.4) is 0 Å². The zero-order chi connectivity index (χ0) is 57.3. The van der Waals surface area contributed by atoms with Crippen molar-refractivity contribution in [3.63, 3.8) is 0 Å². The molecule has 0 radical (unpaired) electrons. The van der Waals surface area contributed by atoms with Gasteiger partial charge in [0.05, 0.1) is 32.0 Å². The summed E-state index contributed by atoms with van der Waals surface area (Å²) >= 11 is 0. The van der Waals surface area contributed by atoms with E-state index in [1.807, 2.05) is 6.08 Å². The van der Waals surface area contributed by atoms with Crippen LogP contribution in [0.15, 0.2) is 36.5 Å². The summed E-state index contributed by atoms with van der Waals surface area (Å²) in [5.41, 5.74) is 0. The molecular weight excluding hydrogens is 991 g/mol. The number of rotatable bonds is 59.